The summed E-state index contributed by atoms with van der Waals surface area (Å²) in [6, 6.07) is 5.26. The SMILES string of the molecule is CN1CCC(N(C)C(=O)[C@H]2CCCN(C3CCN(Cc4cccnc4)CC3)C2)CC1. The number of likely N-dealkylation sites (tertiary alicyclic amines) is 3. The molecule has 166 valence electrons. The number of carbonyl (C=O) groups excluding carboxylic acids is 1. The van der Waals surface area contributed by atoms with Crippen LogP contribution in [0.3, 0.4) is 0 Å². The van der Waals surface area contributed by atoms with E-state index in [9.17, 15) is 4.79 Å². The molecule has 1 amide bonds. The summed E-state index contributed by atoms with van der Waals surface area (Å²) in [6.07, 6.45) is 10.7. The average Bonchev–Trinajstić information content (AvgIpc) is 2.80. The summed E-state index contributed by atoms with van der Waals surface area (Å²) in [5, 5.41) is 0. The number of nitrogens with zero attached hydrogens (tertiary/aromatic N) is 5. The lowest BCUT2D eigenvalue weighted by molar-refractivity contribution is -0.139. The Balaban J connectivity index is 1.25. The van der Waals surface area contributed by atoms with Gasteiger partial charge in [0.2, 0.25) is 5.91 Å². The van der Waals surface area contributed by atoms with Gasteiger partial charge in [-0.15, -0.1) is 0 Å². The zero-order valence-corrected chi connectivity index (χ0v) is 18.9. The van der Waals surface area contributed by atoms with E-state index in [1.54, 1.807) is 0 Å². The van der Waals surface area contributed by atoms with Crippen molar-refractivity contribution in [3.05, 3.63) is 30.1 Å². The van der Waals surface area contributed by atoms with E-state index in [0.29, 0.717) is 18.0 Å². The van der Waals surface area contributed by atoms with Crippen LogP contribution >= 0.6 is 0 Å². The fourth-order valence-electron chi connectivity index (χ4n) is 5.58. The first kappa shape index (κ1) is 21.7. The van der Waals surface area contributed by atoms with Gasteiger partial charge in [-0.25, -0.2) is 0 Å². The van der Waals surface area contributed by atoms with E-state index < -0.39 is 0 Å². The van der Waals surface area contributed by atoms with Gasteiger partial charge < -0.3 is 9.80 Å². The van der Waals surface area contributed by atoms with Gasteiger partial charge in [-0.2, -0.15) is 0 Å². The Morgan fingerprint density at radius 3 is 2.57 bits per heavy atom. The molecule has 3 aliphatic heterocycles. The first-order chi connectivity index (χ1) is 14.6. The van der Waals surface area contributed by atoms with Crippen molar-refractivity contribution in [1.29, 1.82) is 0 Å². The van der Waals surface area contributed by atoms with Crippen LogP contribution in [0.5, 0.6) is 0 Å². The van der Waals surface area contributed by atoms with E-state index in [1.165, 1.54) is 18.4 Å². The molecule has 0 aliphatic carbocycles. The molecule has 0 aromatic carbocycles. The third-order valence-corrected chi connectivity index (χ3v) is 7.59. The number of piperidine rings is 3. The van der Waals surface area contributed by atoms with Crippen molar-refractivity contribution >= 4 is 5.91 Å². The zero-order valence-electron chi connectivity index (χ0n) is 18.9. The maximum absolute atomic E-state index is 13.2. The minimum absolute atomic E-state index is 0.192. The second-order valence-electron chi connectivity index (χ2n) is 9.69. The molecule has 3 saturated heterocycles. The lowest BCUT2D eigenvalue weighted by atomic mass is 9.92. The fourth-order valence-corrected chi connectivity index (χ4v) is 5.58. The highest BCUT2D eigenvalue weighted by atomic mass is 16.2. The van der Waals surface area contributed by atoms with E-state index in [2.05, 4.69) is 37.7 Å². The van der Waals surface area contributed by atoms with Crippen LogP contribution in [-0.2, 0) is 11.3 Å². The third-order valence-electron chi connectivity index (χ3n) is 7.59. The highest BCUT2D eigenvalue weighted by Gasteiger charge is 2.34. The van der Waals surface area contributed by atoms with Crippen LogP contribution in [0.1, 0.15) is 44.1 Å². The predicted molar refractivity (Wildman–Crippen MR) is 120 cm³/mol. The van der Waals surface area contributed by atoms with Crippen molar-refractivity contribution in [2.24, 2.45) is 5.92 Å². The van der Waals surface area contributed by atoms with Crippen molar-refractivity contribution in [2.75, 3.05) is 53.4 Å². The Morgan fingerprint density at radius 2 is 1.87 bits per heavy atom. The number of amides is 1. The van der Waals surface area contributed by atoms with E-state index in [4.69, 9.17) is 0 Å². The largest absolute Gasteiger partial charge is 0.342 e. The van der Waals surface area contributed by atoms with Crippen LogP contribution in [0.4, 0.5) is 0 Å². The molecule has 0 bridgehead atoms. The highest BCUT2D eigenvalue weighted by molar-refractivity contribution is 5.79. The van der Waals surface area contributed by atoms with Gasteiger partial charge in [-0.1, -0.05) is 6.07 Å². The highest BCUT2D eigenvalue weighted by Crippen LogP contribution is 2.27. The van der Waals surface area contributed by atoms with Crippen molar-refractivity contribution in [2.45, 2.75) is 57.2 Å². The molecule has 0 saturated carbocycles. The molecule has 4 rings (SSSR count). The summed E-state index contributed by atoms with van der Waals surface area (Å²) in [4.78, 5) is 27.1. The third kappa shape index (κ3) is 5.40. The smallest absolute Gasteiger partial charge is 0.226 e. The molecular weight excluding hydrogens is 374 g/mol. The minimum atomic E-state index is 0.192. The molecule has 0 unspecified atom stereocenters. The molecule has 4 heterocycles. The molecule has 3 fully saturated rings. The van der Waals surface area contributed by atoms with Crippen LogP contribution in [0.2, 0.25) is 0 Å². The van der Waals surface area contributed by atoms with Crippen molar-refractivity contribution in [3.63, 3.8) is 0 Å². The van der Waals surface area contributed by atoms with E-state index >= 15 is 0 Å². The Hall–Kier alpha value is -1.50. The minimum Gasteiger partial charge on any atom is -0.342 e. The Morgan fingerprint density at radius 1 is 1.10 bits per heavy atom. The van der Waals surface area contributed by atoms with Gasteiger partial charge in [0.15, 0.2) is 0 Å². The molecule has 1 aromatic rings. The van der Waals surface area contributed by atoms with Gasteiger partial charge in [0, 0.05) is 44.6 Å². The average molecular weight is 414 g/mol. The van der Waals surface area contributed by atoms with E-state index in [-0.39, 0.29) is 5.92 Å². The van der Waals surface area contributed by atoms with Crippen LogP contribution in [0.15, 0.2) is 24.5 Å². The quantitative estimate of drug-likeness (QED) is 0.741. The second-order valence-corrected chi connectivity index (χ2v) is 9.69. The van der Waals surface area contributed by atoms with Gasteiger partial charge in [0.05, 0.1) is 5.92 Å². The number of carbonyl (C=O) groups is 1. The predicted octanol–water partition coefficient (Wildman–Crippen LogP) is 2.31. The Kier molecular flexibility index (Phi) is 7.39. The lowest BCUT2D eigenvalue weighted by Crippen LogP contribution is -2.52. The fraction of sp³-hybridized carbons (Fsp3) is 0.750. The molecule has 6 nitrogen and oxygen atoms in total. The maximum atomic E-state index is 13.2. The Labute approximate surface area is 182 Å². The summed E-state index contributed by atoms with van der Waals surface area (Å²) in [5.74, 6) is 0.583. The topological polar surface area (TPSA) is 42.9 Å². The van der Waals surface area contributed by atoms with Gasteiger partial charge in [-0.3, -0.25) is 19.6 Å². The van der Waals surface area contributed by atoms with Crippen LogP contribution < -0.4 is 0 Å². The first-order valence-electron chi connectivity index (χ1n) is 11.9. The molecule has 0 radical (unpaired) electrons. The molecule has 1 aromatic heterocycles. The normalized spacial score (nSPS) is 26.0. The summed E-state index contributed by atoms with van der Waals surface area (Å²) < 4.78 is 0. The van der Waals surface area contributed by atoms with Crippen LogP contribution in [0.25, 0.3) is 0 Å². The number of aromatic nitrogens is 1. The molecule has 30 heavy (non-hydrogen) atoms. The van der Waals surface area contributed by atoms with Gasteiger partial charge in [-0.05, 0) is 89.9 Å². The first-order valence-corrected chi connectivity index (χ1v) is 11.9. The summed E-state index contributed by atoms with van der Waals surface area (Å²) in [6.45, 7) is 7.63. The molecule has 6 heteroatoms. The van der Waals surface area contributed by atoms with E-state index in [1.807, 2.05) is 25.5 Å². The molecule has 3 aliphatic rings. The number of pyridine rings is 1. The summed E-state index contributed by atoms with van der Waals surface area (Å²) >= 11 is 0. The summed E-state index contributed by atoms with van der Waals surface area (Å²) in [7, 11) is 4.23. The monoisotopic (exact) mass is 413 g/mol. The van der Waals surface area contributed by atoms with Gasteiger partial charge in [0.25, 0.3) is 0 Å². The van der Waals surface area contributed by atoms with Crippen LogP contribution in [0, 0.1) is 5.92 Å². The second kappa shape index (κ2) is 10.2. The van der Waals surface area contributed by atoms with Crippen molar-refractivity contribution < 1.29 is 4.79 Å². The standard InChI is InChI=1S/C24H39N5O/c1-26-13-7-22(8-14-26)27(2)24(30)21-6-4-12-29(19-21)23-9-15-28(16-10-23)18-20-5-3-11-25-17-20/h3,5,11,17,21-23H,4,6-10,12-16,18-19H2,1-2H3/t21-/m0/s1. The van der Waals surface area contributed by atoms with Crippen LogP contribution in [-0.4, -0.2) is 95.9 Å². The molecular formula is C24H39N5O. The molecule has 1 atom stereocenters. The van der Waals surface area contributed by atoms with Crippen molar-refractivity contribution in [1.82, 2.24) is 24.6 Å². The molecule has 0 spiro atoms. The van der Waals surface area contributed by atoms with Crippen molar-refractivity contribution in [3.8, 4) is 0 Å². The molecule has 0 N–H and O–H groups in total. The number of hydrogen-bond donors (Lipinski definition) is 0. The maximum Gasteiger partial charge on any atom is 0.226 e. The number of hydrogen-bond acceptors (Lipinski definition) is 5. The van der Waals surface area contributed by atoms with Gasteiger partial charge in [0.1, 0.15) is 0 Å². The van der Waals surface area contributed by atoms with E-state index in [0.717, 1.165) is 71.5 Å². The number of rotatable bonds is 5. The lowest BCUT2D eigenvalue weighted by Gasteiger charge is -2.43. The summed E-state index contributed by atoms with van der Waals surface area (Å²) in [5.41, 5.74) is 1.30. The Bertz CT molecular complexity index is 667. The van der Waals surface area contributed by atoms with Gasteiger partial charge >= 0.3 is 0 Å². The zero-order chi connectivity index (χ0) is 20.9.